The first-order valence-corrected chi connectivity index (χ1v) is 8.02. The predicted molar refractivity (Wildman–Crippen MR) is 81.1 cm³/mol. The summed E-state index contributed by atoms with van der Waals surface area (Å²) in [6.45, 7) is 2.29. The molecule has 0 aromatic rings. The van der Waals surface area contributed by atoms with E-state index in [1.54, 1.807) is 0 Å². The Morgan fingerprint density at radius 3 is 2.17 bits per heavy atom. The molecule has 0 aliphatic heterocycles. The van der Waals surface area contributed by atoms with E-state index >= 15 is 0 Å². The summed E-state index contributed by atoms with van der Waals surface area (Å²) in [7, 11) is 6.69. The molecule has 0 radical (unpaired) electrons. The van der Waals surface area contributed by atoms with Crippen LogP contribution in [0.3, 0.4) is 0 Å². The van der Waals surface area contributed by atoms with E-state index in [9.17, 15) is 0 Å². The molecular formula is C16H34N2. The zero-order valence-corrected chi connectivity index (χ0v) is 13.1. The molecule has 1 N–H and O–H groups in total. The van der Waals surface area contributed by atoms with Gasteiger partial charge in [0.2, 0.25) is 0 Å². The highest BCUT2D eigenvalue weighted by molar-refractivity contribution is 5.01. The van der Waals surface area contributed by atoms with E-state index in [-0.39, 0.29) is 0 Å². The Morgan fingerprint density at radius 2 is 1.67 bits per heavy atom. The van der Waals surface area contributed by atoms with E-state index in [4.69, 9.17) is 0 Å². The summed E-state index contributed by atoms with van der Waals surface area (Å²) in [6, 6.07) is 0.677. The molecule has 108 valence electrons. The normalized spacial score (nSPS) is 20.5. The zero-order chi connectivity index (χ0) is 13.4. The molecular weight excluding hydrogens is 220 g/mol. The minimum atomic E-state index is 0.430. The number of rotatable bonds is 9. The lowest BCUT2D eigenvalue weighted by atomic mass is 9.83. The first kappa shape index (κ1) is 16.0. The van der Waals surface area contributed by atoms with Gasteiger partial charge in [0.15, 0.2) is 0 Å². The summed E-state index contributed by atoms with van der Waals surface area (Å²) in [4.78, 5) is 2.49. The Hall–Kier alpha value is -0.0800. The van der Waals surface area contributed by atoms with Gasteiger partial charge >= 0.3 is 0 Å². The highest BCUT2D eigenvalue weighted by Gasteiger charge is 2.41. The molecule has 0 spiro atoms. The van der Waals surface area contributed by atoms with Crippen LogP contribution < -0.4 is 5.32 Å². The van der Waals surface area contributed by atoms with Crippen LogP contribution in [0.2, 0.25) is 0 Å². The maximum absolute atomic E-state index is 3.62. The molecule has 0 saturated heterocycles. The maximum atomic E-state index is 3.62. The number of likely N-dealkylation sites (N-methyl/N-ethyl adjacent to an activating group) is 2. The third-order valence-electron chi connectivity index (χ3n) is 4.95. The van der Waals surface area contributed by atoms with Gasteiger partial charge in [-0.25, -0.2) is 0 Å². The van der Waals surface area contributed by atoms with Crippen LogP contribution in [-0.2, 0) is 0 Å². The average molecular weight is 254 g/mol. The van der Waals surface area contributed by atoms with E-state index in [1.165, 1.54) is 64.2 Å². The Morgan fingerprint density at radius 1 is 1.06 bits per heavy atom. The Bertz CT molecular complexity index is 207. The van der Waals surface area contributed by atoms with Crippen LogP contribution in [0.25, 0.3) is 0 Å². The van der Waals surface area contributed by atoms with Crippen molar-refractivity contribution in [1.29, 1.82) is 0 Å². The average Bonchev–Trinajstić information content (AvgIpc) is 2.84. The lowest BCUT2D eigenvalue weighted by molar-refractivity contribution is 0.102. The molecule has 18 heavy (non-hydrogen) atoms. The molecule has 1 aliphatic carbocycles. The fourth-order valence-corrected chi connectivity index (χ4v) is 3.73. The first-order valence-electron chi connectivity index (χ1n) is 8.02. The second-order valence-electron chi connectivity index (χ2n) is 6.25. The van der Waals surface area contributed by atoms with Gasteiger partial charge in [-0.05, 0) is 40.4 Å². The van der Waals surface area contributed by atoms with Crippen LogP contribution in [0.5, 0.6) is 0 Å². The van der Waals surface area contributed by atoms with E-state index in [2.05, 4.69) is 38.3 Å². The molecule has 0 aromatic heterocycles. The van der Waals surface area contributed by atoms with Crippen molar-refractivity contribution in [2.75, 3.05) is 21.1 Å². The van der Waals surface area contributed by atoms with Crippen molar-refractivity contribution in [3.8, 4) is 0 Å². The van der Waals surface area contributed by atoms with Crippen LogP contribution >= 0.6 is 0 Å². The smallest absolute Gasteiger partial charge is 0.0356 e. The van der Waals surface area contributed by atoms with Crippen LogP contribution in [-0.4, -0.2) is 37.6 Å². The highest BCUT2D eigenvalue weighted by Crippen LogP contribution is 2.38. The molecule has 0 bridgehead atoms. The van der Waals surface area contributed by atoms with Gasteiger partial charge in [-0.15, -0.1) is 0 Å². The molecule has 1 atom stereocenters. The Labute approximate surface area is 115 Å². The van der Waals surface area contributed by atoms with Gasteiger partial charge in [0, 0.05) is 11.6 Å². The largest absolute Gasteiger partial charge is 0.315 e. The van der Waals surface area contributed by atoms with Gasteiger partial charge in [-0.3, -0.25) is 0 Å². The van der Waals surface area contributed by atoms with Gasteiger partial charge in [0.25, 0.3) is 0 Å². The van der Waals surface area contributed by atoms with Gasteiger partial charge in [-0.1, -0.05) is 51.9 Å². The van der Waals surface area contributed by atoms with Gasteiger partial charge in [0.1, 0.15) is 0 Å². The van der Waals surface area contributed by atoms with Crippen molar-refractivity contribution in [1.82, 2.24) is 10.2 Å². The first-order chi connectivity index (χ1) is 8.67. The Kier molecular flexibility index (Phi) is 7.25. The molecule has 0 amide bonds. The molecule has 2 nitrogen and oxygen atoms in total. The minimum absolute atomic E-state index is 0.430. The van der Waals surface area contributed by atoms with Gasteiger partial charge in [0.05, 0.1) is 0 Å². The lowest BCUT2D eigenvalue weighted by Gasteiger charge is -2.43. The Balaban J connectivity index is 2.42. The standard InChI is InChI=1S/C16H34N2/c1-5-6-7-8-9-12-15(17-2)16(18(3)4)13-10-11-14-16/h15,17H,5-14H2,1-4H3. The van der Waals surface area contributed by atoms with E-state index in [0.717, 1.165) is 0 Å². The summed E-state index contributed by atoms with van der Waals surface area (Å²) >= 11 is 0. The van der Waals surface area contributed by atoms with Crippen molar-refractivity contribution in [3.63, 3.8) is 0 Å². The van der Waals surface area contributed by atoms with Crippen LogP contribution in [0.1, 0.15) is 71.1 Å². The molecule has 0 aromatic carbocycles. The van der Waals surface area contributed by atoms with Crippen molar-refractivity contribution in [3.05, 3.63) is 0 Å². The summed E-state index contributed by atoms with van der Waals surface area (Å²) in [6.07, 6.45) is 13.9. The maximum Gasteiger partial charge on any atom is 0.0356 e. The number of unbranched alkanes of at least 4 members (excludes halogenated alkanes) is 4. The van der Waals surface area contributed by atoms with Crippen LogP contribution in [0.15, 0.2) is 0 Å². The predicted octanol–water partition coefficient (Wildman–Crippen LogP) is 3.81. The second kappa shape index (κ2) is 8.16. The third kappa shape index (κ3) is 3.96. The monoisotopic (exact) mass is 254 g/mol. The number of hydrogen-bond donors (Lipinski definition) is 1. The summed E-state index contributed by atoms with van der Waals surface area (Å²) in [5.74, 6) is 0. The van der Waals surface area contributed by atoms with Crippen LogP contribution in [0, 0.1) is 0 Å². The molecule has 0 heterocycles. The minimum Gasteiger partial charge on any atom is -0.315 e. The van der Waals surface area contributed by atoms with Crippen molar-refractivity contribution in [2.45, 2.75) is 82.7 Å². The fourth-order valence-electron chi connectivity index (χ4n) is 3.73. The molecule has 1 aliphatic rings. The van der Waals surface area contributed by atoms with E-state index in [0.29, 0.717) is 11.6 Å². The van der Waals surface area contributed by atoms with E-state index < -0.39 is 0 Å². The summed E-state index contributed by atoms with van der Waals surface area (Å²) in [5.41, 5.74) is 0.430. The van der Waals surface area contributed by atoms with E-state index in [1.807, 2.05) is 0 Å². The number of nitrogens with zero attached hydrogens (tertiary/aromatic N) is 1. The highest BCUT2D eigenvalue weighted by atomic mass is 15.2. The topological polar surface area (TPSA) is 15.3 Å². The number of hydrogen-bond acceptors (Lipinski definition) is 2. The SMILES string of the molecule is CCCCCCCC(NC)C1(N(C)C)CCCC1. The second-order valence-corrected chi connectivity index (χ2v) is 6.25. The molecule has 1 fully saturated rings. The van der Waals surface area contributed by atoms with Crippen molar-refractivity contribution >= 4 is 0 Å². The van der Waals surface area contributed by atoms with Gasteiger partial charge < -0.3 is 10.2 Å². The lowest BCUT2D eigenvalue weighted by Crippen LogP contribution is -2.56. The summed E-state index contributed by atoms with van der Waals surface area (Å²) in [5, 5.41) is 3.62. The van der Waals surface area contributed by atoms with Crippen molar-refractivity contribution in [2.24, 2.45) is 0 Å². The van der Waals surface area contributed by atoms with Crippen LogP contribution in [0.4, 0.5) is 0 Å². The van der Waals surface area contributed by atoms with Gasteiger partial charge in [-0.2, -0.15) is 0 Å². The zero-order valence-electron chi connectivity index (χ0n) is 13.1. The fraction of sp³-hybridized carbons (Fsp3) is 1.00. The molecule has 1 unspecified atom stereocenters. The third-order valence-corrected chi connectivity index (χ3v) is 4.95. The molecule has 1 rings (SSSR count). The number of nitrogens with one attached hydrogen (secondary N) is 1. The molecule has 1 saturated carbocycles. The van der Waals surface area contributed by atoms with Crippen molar-refractivity contribution < 1.29 is 0 Å². The molecule has 2 heteroatoms. The summed E-state index contributed by atoms with van der Waals surface area (Å²) < 4.78 is 0. The quantitative estimate of drug-likeness (QED) is 0.629.